The van der Waals surface area contributed by atoms with Crippen molar-refractivity contribution in [3.05, 3.63) is 70.0 Å². The largest absolute Gasteiger partial charge is 0.481 e. The number of rotatable bonds is 9. The predicted octanol–water partition coefficient (Wildman–Crippen LogP) is 4.25. The van der Waals surface area contributed by atoms with Gasteiger partial charge < -0.3 is 4.74 Å². The number of allylic oxidation sites excluding steroid dienone is 1. The molecule has 2 heterocycles. The molecule has 0 aliphatic carbocycles. The van der Waals surface area contributed by atoms with Crippen molar-refractivity contribution in [2.45, 2.75) is 30.6 Å². The molecule has 1 atom stereocenters. The van der Waals surface area contributed by atoms with E-state index in [-0.39, 0.29) is 10.7 Å². The third-order valence-corrected chi connectivity index (χ3v) is 5.02. The van der Waals surface area contributed by atoms with E-state index >= 15 is 0 Å². The van der Waals surface area contributed by atoms with E-state index in [1.807, 2.05) is 0 Å². The molecule has 0 radical (unpaired) electrons. The lowest BCUT2D eigenvalue weighted by molar-refractivity contribution is -0.385. The van der Waals surface area contributed by atoms with Gasteiger partial charge in [-0.05, 0) is 25.1 Å². The zero-order chi connectivity index (χ0) is 21.0. The first kappa shape index (κ1) is 20.8. The van der Waals surface area contributed by atoms with Gasteiger partial charge in [0.15, 0.2) is 17.1 Å². The van der Waals surface area contributed by atoms with Crippen molar-refractivity contribution in [3.63, 3.8) is 0 Å². The van der Waals surface area contributed by atoms with Crippen LogP contribution in [0.2, 0.25) is 5.02 Å². The van der Waals surface area contributed by atoms with Crippen LogP contribution in [0.15, 0.2) is 48.4 Å². The number of ether oxygens (including phenoxy) is 1. The van der Waals surface area contributed by atoms with Crippen molar-refractivity contribution in [3.8, 4) is 5.75 Å². The molecule has 1 unspecified atom stereocenters. The fourth-order valence-electron chi connectivity index (χ4n) is 2.46. The van der Waals surface area contributed by atoms with Crippen molar-refractivity contribution in [1.29, 1.82) is 0 Å². The third-order valence-electron chi connectivity index (χ3n) is 3.77. The van der Waals surface area contributed by atoms with Crippen LogP contribution in [-0.4, -0.2) is 29.5 Å². The minimum Gasteiger partial charge on any atom is -0.481 e. The SMILES string of the molecule is C=CCn1c(SCn2cc([N+](=O)[O-])cn2)nnc1C(C)Oc1ccc(F)cc1Cl. The number of hydrogen-bond donors (Lipinski definition) is 0. The molecule has 3 aromatic rings. The van der Waals surface area contributed by atoms with Gasteiger partial charge in [0.25, 0.3) is 0 Å². The van der Waals surface area contributed by atoms with Gasteiger partial charge in [0, 0.05) is 6.54 Å². The Labute approximate surface area is 174 Å². The standard InChI is InChI=1S/C17H16ClFN6O3S/c1-3-6-24-16(11(2)28-15-5-4-12(19)7-14(15)18)21-22-17(24)29-10-23-9-13(8-20-23)25(26)27/h3-5,7-9,11H,1,6,10H2,2H3. The van der Waals surface area contributed by atoms with Gasteiger partial charge in [0.2, 0.25) is 0 Å². The van der Waals surface area contributed by atoms with Crippen molar-refractivity contribution in [2.75, 3.05) is 0 Å². The Kier molecular flexibility index (Phi) is 6.49. The Hall–Kier alpha value is -2.92. The molecular weight excluding hydrogens is 423 g/mol. The number of thioether (sulfide) groups is 1. The van der Waals surface area contributed by atoms with E-state index < -0.39 is 16.8 Å². The van der Waals surface area contributed by atoms with Crippen LogP contribution in [-0.2, 0) is 12.4 Å². The summed E-state index contributed by atoms with van der Waals surface area (Å²) in [5.41, 5.74) is -0.0861. The van der Waals surface area contributed by atoms with E-state index in [4.69, 9.17) is 16.3 Å². The normalized spacial score (nSPS) is 12.0. The Bertz CT molecular complexity index is 1040. The molecule has 12 heteroatoms. The topological polar surface area (TPSA) is 101 Å². The molecule has 3 rings (SSSR count). The van der Waals surface area contributed by atoms with Gasteiger partial charge in [-0.15, -0.1) is 16.8 Å². The van der Waals surface area contributed by atoms with Crippen LogP contribution >= 0.6 is 23.4 Å². The van der Waals surface area contributed by atoms with Crippen LogP contribution in [0.4, 0.5) is 10.1 Å². The molecule has 152 valence electrons. The molecule has 29 heavy (non-hydrogen) atoms. The van der Waals surface area contributed by atoms with Crippen LogP contribution < -0.4 is 4.74 Å². The minimum atomic E-state index is -0.523. The fourth-order valence-corrected chi connectivity index (χ4v) is 3.49. The van der Waals surface area contributed by atoms with Gasteiger partial charge in [0.1, 0.15) is 24.0 Å². The van der Waals surface area contributed by atoms with Crippen LogP contribution in [0.25, 0.3) is 0 Å². The molecule has 0 N–H and O–H groups in total. The van der Waals surface area contributed by atoms with Crippen molar-refractivity contribution < 1.29 is 14.1 Å². The summed E-state index contributed by atoms with van der Waals surface area (Å²) in [6, 6.07) is 3.87. The lowest BCUT2D eigenvalue weighted by Crippen LogP contribution is -2.12. The van der Waals surface area contributed by atoms with E-state index in [2.05, 4.69) is 21.9 Å². The summed E-state index contributed by atoms with van der Waals surface area (Å²) < 4.78 is 22.3. The molecule has 0 amide bonds. The summed E-state index contributed by atoms with van der Waals surface area (Å²) in [6.45, 7) is 5.94. The average molecular weight is 439 g/mol. The maximum Gasteiger partial charge on any atom is 0.307 e. The van der Waals surface area contributed by atoms with Crippen molar-refractivity contribution in [1.82, 2.24) is 24.5 Å². The molecule has 0 aliphatic rings. The second-order valence-corrected chi connectivity index (χ2v) is 7.16. The quantitative estimate of drug-likeness (QED) is 0.213. The zero-order valence-corrected chi connectivity index (χ0v) is 16.8. The highest BCUT2D eigenvalue weighted by atomic mass is 35.5. The van der Waals surface area contributed by atoms with Gasteiger partial charge in [-0.3, -0.25) is 19.4 Å². The third kappa shape index (κ3) is 4.93. The van der Waals surface area contributed by atoms with E-state index in [0.717, 1.165) is 0 Å². The molecule has 2 aromatic heterocycles. The van der Waals surface area contributed by atoms with Gasteiger partial charge >= 0.3 is 5.69 Å². The maximum absolute atomic E-state index is 13.2. The second kappa shape index (κ2) is 9.05. The first-order chi connectivity index (χ1) is 13.9. The maximum atomic E-state index is 13.2. The van der Waals surface area contributed by atoms with E-state index in [1.54, 1.807) is 17.6 Å². The highest BCUT2D eigenvalue weighted by Gasteiger charge is 2.20. The fraction of sp³-hybridized carbons (Fsp3) is 0.235. The molecule has 0 fully saturated rings. The minimum absolute atomic E-state index is 0.0861. The highest BCUT2D eigenvalue weighted by Crippen LogP contribution is 2.30. The Morgan fingerprint density at radius 3 is 2.93 bits per heavy atom. The van der Waals surface area contributed by atoms with Crippen molar-refractivity contribution in [2.24, 2.45) is 0 Å². The van der Waals surface area contributed by atoms with Gasteiger partial charge in [0.05, 0.1) is 15.8 Å². The molecule has 0 bridgehead atoms. The Morgan fingerprint density at radius 1 is 1.48 bits per heavy atom. The average Bonchev–Trinajstić information content (AvgIpc) is 3.30. The number of halogens is 2. The molecule has 0 saturated carbocycles. The van der Waals surface area contributed by atoms with E-state index in [9.17, 15) is 14.5 Å². The molecule has 0 saturated heterocycles. The highest BCUT2D eigenvalue weighted by molar-refractivity contribution is 7.98. The van der Waals surface area contributed by atoms with E-state index in [1.165, 1.54) is 47.0 Å². The predicted molar refractivity (Wildman–Crippen MR) is 105 cm³/mol. The molecule has 0 aliphatic heterocycles. The summed E-state index contributed by atoms with van der Waals surface area (Å²) in [6.07, 6.45) is 3.69. The monoisotopic (exact) mass is 438 g/mol. The zero-order valence-electron chi connectivity index (χ0n) is 15.2. The second-order valence-electron chi connectivity index (χ2n) is 5.84. The molecule has 0 spiro atoms. The summed E-state index contributed by atoms with van der Waals surface area (Å²) >= 11 is 7.33. The van der Waals surface area contributed by atoms with Gasteiger partial charge in [-0.2, -0.15) is 5.10 Å². The number of nitrogens with zero attached hydrogens (tertiary/aromatic N) is 6. The first-order valence-corrected chi connectivity index (χ1v) is 9.70. The Morgan fingerprint density at radius 2 is 2.28 bits per heavy atom. The van der Waals surface area contributed by atoms with Crippen LogP contribution in [0.5, 0.6) is 5.75 Å². The summed E-state index contributed by atoms with van der Waals surface area (Å²) in [4.78, 5) is 10.3. The molecule has 9 nitrogen and oxygen atoms in total. The summed E-state index contributed by atoms with van der Waals surface area (Å²) in [5.74, 6) is 0.704. The summed E-state index contributed by atoms with van der Waals surface area (Å²) in [5, 5.41) is 23.8. The van der Waals surface area contributed by atoms with Gasteiger partial charge in [-0.25, -0.2) is 4.39 Å². The first-order valence-electron chi connectivity index (χ1n) is 8.34. The number of hydrogen-bond acceptors (Lipinski definition) is 7. The van der Waals surface area contributed by atoms with Crippen LogP contribution in [0, 0.1) is 15.9 Å². The number of nitro groups is 1. The Balaban J connectivity index is 1.76. The summed E-state index contributed by atoms with van der Waals surface area (Å²) in [7, 11) is 0. The molecule has 1 aromatic carbocycles. The van der Waals surface area contributed by atoms with Crippen LogP contribution in [0.1, 0.15) is 18.9 Å². The number of benzene rings is 1. The lowest BCUT2D eigenvalue weighted by atomic mass is 10.3. The van der Waals surface area contributed by atoms with Crippen LogP contribution in [0.3, 0.4) is 0 Å². The lowest BCUT2D eigenvalue weighted by Gasteiger charge is -2.16. The van der Waals surface area contributed by atoms with Gasteiger partial charge in [-0.1, -0.05) is 29.4 Å². The number of aromatic nitrogens is 5. The van der Waals surface area contributed by atoms with E-state index in [0.29, 0.717) is 29.2 Å². The smallest absolute Gasteiger partial charge is 0.307 e. The molecular formula is C17H16ClFN6O3S. The van der Waals surface area contributed by atoms with Crippen molar-refractivity contribution >= 4 is 29.1 Å².